The molecule has 1 aromatic heterocycles. The maximum atomic E-state index is 12.5. The molecule has 2 heterocycles. The average molecular weight is 341 g/mol. The first kappa shape index (κ1) is 17.2. The summed E-state index contributed by atoms with van der Waals surface area (Å²) in [6.07, 6.45) is 5.38. The van der Waals surface area contributed by atoms with Gasteiger partial charge in [-0.05, 0) is 42.5 Å². The molecule has 1 fully saturated rings. The van der Waals surface area contributed by atoms with Crippen LogP contribution in [0, 0.1) is 5.92 Å². The molecule has 6 nitrogen and oxygen atoms in total. The van der Waals surface area contributed by atoms with E-state index in [-0.39, 0.29) is 12.1 Å². The van der Waals surface area contributed by atoms with E-state index in [0.717, 1.165) is 31.6 Å². The highest BCUT2D eigenvalue weighted by atomic mass is 16.5. The van der Waals surface area contributed by atoms with E-state index in [9.17, 15) is 4.79 Å². The molecule has 3 rings (SSSR count). The smallest absolute Gasteiger partial charge is 0.319 e. The predicted octanol–water partition coefficient (Wildman–Crippen LogP) is 3.38. The highest BCUT2D eigenvalue weighted by Gasteiger charge is 2.27. The van der Waals surface area contributed by atoms with Gasteiger partial charge in [-0.25, -0.2) is 4.79 Å². The van der Waals surface area contributed by atoms with Gasteiger partial charge in [0.25, 0.3) is 0 Å². The second-order valence-corrected chi connectivity index (χ2v) is 6.04. The van der Waals surface area contributed by atoms with Crippen LogP contribution in [0.2, 0.25) is 0 Å². The van der Waals surface area contributed by atoms with Gasteiger partial charge >= 0.3 is 6.03 Å². The van der Waals surface area contributed by atoms with E-state index in [1.807, 2.05) is 36.5 Å². The zero-order valence-corrected chi connectivity index (χ0v) is 14.3. The first-order valence-electron chi connectivity index (χ1n) is 8.45. The number of urea groups is 1. The van der Waals surface area contributed by atoms with Crippen LogP contribution in [0.4, 0.5) is 10.5 Å². The molecule has 0 bridgehead atoms. The van der Waals surface area contributed by atoms with Crippen molar-refractivity contribution in [2.75, 3.05) is 25.6 Å². The van der Waals surface area contributed by atoms with Crippen molar-refractivity contribution in [1.82, 2.24) is 10.3 Å². The van der Waals surface area contributed by atoms with Crippen LogP contribution in [0.3, 0.4) is 0 Å². The molecule has 25 heavy (non-hydrogen) atoms. The van der Waals surface area contributed by atoms with Crippen molar-refractivity contribution in [3.63, 3.8) is 0 Å². The lowest BCUT2D eigenvalue weighted by Crippen LogP contribution is -2.38. The number of carbonyl (C=O) groups is 1. The molecule has 2 amide bonds. The molecule has 6 heteroatoms. The standard InChI is InChI=1S/C19H23N3O3/c1-24-17-6-2-5-16(12-17)21-19(23)22-18(14-7-10-25-11-8-14)15-4-3-9-20-13-15/h2-6,9,12-14,18H,7-8,10-11H2,1H3,(H2,21,22,23). The van der Waals surface area contributed by atoms with Gasteiger partial charge < -0.3 is 20.1 Å². The Balaban J connectivity index is 1.71. The van der Waals surface area contributed by atoms with E-state index in [2.05, 4.69) is 15.6 Å². The molecule has 0 saturated carbocycles. The van der Waals surface area contributed by atoms with Gasteiger partial charge in [0, 0.05) is 37.4 Å². The van der Waals surface area contributed by atoms with Crippen LogP contribution >= 0.6 is 0 Å². The van der Waals surface area contributed by atoms with Crippen LogP contribution in [-0.2, 0) is 4.74 Å². The number of methoxy groups -OCH3 is 1. The summed E-state index contributed by atoms with van der Waals surface area (Å²) in [4.78, 5) is 16.7. The first-order chi connectivity index (χ1) is 12.3. The molecule has 1 aromatic carbocycles. The molecule has 132 valence electrons. The Morgan fingerprint density at radius 2 is 2.12 bits per heavy atom. The highest BCUT2D eigenvalue weighted by Crippen LogP contribution is 2.30. The third-order valence-corrected chi connectivity index (χ3v) is 4.40. The third-order valence-electron chi connectivity index (χ3n) is 4.40. The molecule has 1 unspecified atom stereocenters. The second kappa shape index (κ2) is 8.48. The van der Waals surface area contributed by atoms with E-state index >= 15 is 0 Å². The summed E-state index contributed by atoms with van der Waals surface area (Å²) in [6.45, 7) is 1.45. The largest absolute Gasteiger partial charge is 0.497 e. The molecule has 1 aliphatic rings. The van der Waals surface area contributed by atoms with E-state index < -0.39 is 0 Å². The van der Waals surface area contributed by atoms with Crippen LogP contribution in [0.25, 0.3) is 0 Å². The maximum absolute atomic E-state index is 12.5. The van der Waals surface area contributed by atoms with Crippen molar-refractivity contribution in [2.24, 2.45) is 5.92 Å². The number of ether oxygens (including phenoxy) is 2. The number of rotatable bonds is 5. The van der Waals surface area contributed by atoms with Crippen LogP contribution in [0.5, 0.6) is 5.75 Å². The van der Waals surface area contributed by atoms with Crippen molar-refractivity contribution in [2.45, 2.75) is 18.9 Å². The number of carbonyl (C=O) groups excluding carboxylic acids is 1. The van der Waals surface area contributed by atoms with Crippen molar-refractivity contribution in [1.29, 1.82) is 0 Å². The number of nitrogens with one attached hydrogen (secondary N) is 2. The molecular weight excluding hydrogens is 318 g/mol. The van der Waals surface area contributed by atoms with Gasteiger partial charge in [-0.1, -0.05) is 12.1 Å². The summed E-state index contributed by atoms with van der Waals surface area (Å²) in [5, 5.41) is 5.98. The van der Waals surface area contributed by atoms with Crippen LogP contribution < -0.4 is 15.4 Å². The van der Waals surface area contributed by atoms with Gasteiger partial charge in [-0.3, -0.25) is 4.98 Å². The van der Waals surface area contributed by atoms with Gasteiger partial charge in [0.05, 0.1) is 13.2 Å². The molecule has 0 radical (unpaired) electrons. The molecule has 1 atom stereocenters. The van der Waals surface area contributed by atoms with Gasteiger partial charge in [0.2, 0.25) is 0 Å². The quantitative estimate of drug-likeness (QED) is 0.874. The Morgan fingerprint density at radius 3 is 2.84 bits per heavy atom. The van der Waals surface area contributed by atoms with E-state index in [0.29, 0.717) is 17.4 Å². The van der Waals surface area contributed by atoms with E-state index in [4.69, 9.17) is 9.47 Å². The fourth-order valence-electron chi connectivity index (χ4n) is 3.09. The normalized spacial score (nSPS) is 16.0. The van der Waals surface area contributed by atoms with Gasteiger partial charge in [-0.15, -0.1) is 0 Å². The Bertz CT molecular complexity index is 687. The maximum Gasteiger partial charge on any atom is 0.319 e. The number of hydrogen-bond donors (Lipinski definition) is 2. The number of amides is 2. The number of aromatic nitrogens is 1. The van der Waals surface area contributed by atoms with Crippen LogP contribution in [0.15, 0.2) is 48.8 Å². The summed E-state index contributed by atoms with van der Waals surface area (Å²) < 4.78 is 10.6. The fraction of sp³-hybridized carbons (Fsp3) is 0.368. The lowest BCUT2D eigenvalue weighted by Gasteiger charge is -2.31. The monoisotopic (exact) mass is 341 g/mol. The molecule has 1 saturated heterocycles. The lowest BCUT2D eigenvalue weighted by molar-refractivity contribution is 0.0550. The Kier molecular flexibility index (Phi) is 5.85. The Morgan fingerprint density at radius 1 is 1.28 bits per heavy atom. The number of hydrogen-bond acceptors (Lipinski definition) is 4. The molecule has 0 spiro atoms. The minimum absolute atomic E-state index is 0.0943. The van der Waals surface area contributed by atoms with Crippen LogP contribution in [0.1, 0.15) is 24.4 Å². The summed E-state index contributed by atoms with van der Waals surface area (Å²) in [5.41, 5.74) is 1.70. The summed E-state index contributed by atoms with van der Waals surface area (Å²) >= 11 is 0. The first-order valence-corrected chi connectivity index (χ1v) is 8.45. The van der Waals surface area contributed by atoms with E-state index in [1.54, 1.807) is 19.4 Å². The van der Waals surface area contributed by atoms with Crippen molar-refractivity contribution < 1.29 is 14.3 Å². The molecule has 2 N–H and O–H groups in total. The van der Waals surface area contributed by atoms with E-state index in [1.165, 1.54) is 0 Å². The minimum atomic E-state index is -0.242. The average Bonchev–Trinajstić information content (AvgIpc) is 2.67. The number of nitrogens with zero attached hydrogens (tertiary/aromatic N) is 1. The fourth-order valence-corrected chi connectivity index (χ4v) is 3.09. The van der Waals surface area contributed by atoms with Gasteiger partial charge in [-0.2, -0.15) is 0 Å². The van der Waals surface area contributed by atoms with Crippen molar-refractivity contribution in [3.8, 4) is 5.75 Å². The zero-order valence-electron chi connectivity index (χ0n) is 14.3. The van der Waals surface area contributed by atoms with Crippen molar-refractivity contribution in [3.05, 3.63) is 54.4 Å². The Labute approximate surface area is 147 Å². The molecule has 1 aliphatic heterocycles. The number of anilines is 1. The minimum Gasteiger partial charge on any atom is -0.497 e. The number of pyridine rings is 1. The number of benzene rings is 1. The summed E-state index contributed by atoms with van der Waals surface area (Å²) in [7, 11) is 1.60. The second-order valence-electron chi connectivity index (χ2n) is 6.04. The van der Waals surface area contributed by atoms with Crippen molar-refractivity contribution >= 4 is 11.7 Å². The zero-order chi connectivity index (χ0) is 17.5. The Hall–Kier alpha value is -2.60. The predicted molar refractivity (Wildman–Crippen MR) is 95.7 cm³/mol. The van der Waals surface area contributed by atoms with Crippen LogP contribution in [-0.4, -0.2) is 31.3 Å². The third kappa shape index (κ3) is 4.70. The lowest BCUT2D eigenvalue weighted by atomic mass is 9.88. The molecule has 0 aliphatic carbocycles. The highest BCUT2D eigenvalue weighted by molar-refractivity contribution is 5.89. The van der Waals surface area contributed by atoms with Gasteiger partial charge in [0.15, 0.2) is 0 Å². The topological polar surface area (TPSA) is 72.5 Å². The van der Waals surface area contributed by atoms with Gasteiger partial charge in [0.1, 0.15) is 5.75 Å². The summed E-state index contributed by atoms with van der Waals surface area (Å²) in [5.74, 6) is 1.03. The SMILES string of the molecule is COc1cccc(NC(=O)NC(c2cccnc2)C2CCOCC2)c1. The molecular formula is C19H23N3O3. The molecule has 2 aromatic rings. The summed E-state index contributed by atoms with van der Waals surface area (Å²) in [6, 6.07) is 10.8.